The van der Waals surface area contributed by atoms with Crippen molar-refractivity contribution in [2.24, 2.45) is 0 Å². The van der Waals surface area contributed by atoms with Crippen molar-refractivity contribution in [1.29, 1.82) is 0 Å². The van der Waals surface area contributed by atoms with E-state index in [2.05, 4.69) is 4.74 Å². The highest BCUT2D eigenvalue weighted by atomic mass is 32.2. The smallest absolute Gasteiger partial charge is 0.404 e. The lowest BCUT2D eigenvalue weighted by Gasteiger charge is -2.18. The topological polar surface area (TPSA) is 46.6 Å². The number of nitrogens with zero attached hydrogens (tertiary/aromatic N) is 1. The summed E-state index contributed by atoms with van der Waals surface area (Å²) in [7, 11) is -3.95. The number of hydrogen-bond acceptors (Lipinski definition) is 4. The first-order valence-electron chi connectivity index (χ1n) is 5.23. The Hall–Kier alpha value is -0.930. The Morgan fingerprint density at radius 2 is 1.95 bits per heavy atom. The number of alkyl halides is 3. The van der Waals surface area contributed by atoms with Gasteiger partial charge in [-0.25, -0.2) is 8.42 Å². The van der Waals surface area contributed by atoms with E-state index in [1.54, 1.807) is 0 Å². The van der Waals surface area contributed by atoms with Crippen molar-refractivity contribution in [3.05, 3.63) is 24.3 Å². The van der Waals surface area contributed by atoms with Gasteiger partial charge in [-0.2, -0.15) is 4.31 Å². The Morgan fingerprint density at radius 1 is 1.26 bits per heavy atom. The van der Waals surface area contributed by atoms with Crippen molar-refractivity contribution in [1.82, 2.24) is 4.31 Å². The molecule has 0 unspecified atom stereocenters. The van der Waals surface area contributed by atoms with Gasteiger partial charge in [0.15, 0.2) is 0 Å². The molecule has 0 bridgehead atoms. The molecule has 1 fully saturated rings. The van der Waals surface area contributed by atoms with Crippen molar-refractivity contribution in [2.45, 2.75) is 11.3 Å². The molecule has 4 nitrogen and oxygen atoms in total. The standard InChI is InChI=1S/C10H10F3NO3S2/c11-10(12,13)17-8-3-1-2-4-9(8)19(15,16)14-5-6-18-7-14/h1-4H,5-7H2. The molecule has 1 aromatic carbocycles. The van der Waals surface area contributed by atoms with Crippen LogP contribution in [0, 0.1) is 0 Å². The Kier molecular flexibility index (Phi) is 3.98. The summed E-state index contributed by atoms with van der Waals surface area (Å²) in [5.74, 6) is 0.163. The maximum absolute atomic E-state index is 12.3. The van der Waals surface area contributed by atoms with Crippen molar-refractivity contribution in [3.8, 4) is 5.75 Å². The fourth-order valence-electron chi connectivity index (χ4n) is 1.60. The Morgan fingerprint density at radius 3 is 2.53 bits per heavy atom. The monoisotopic (exact) mass is 313 g/mol. The van der Waals surface area contributed by atoms with Gasteiger partial charge in [0.1, 0.15) is 10.6 Å². The van der Waals surface area contributed by atoms with Crippen molar-refractivity contribution in [3.63, 3.8) is 0 Å². The second-order valence-electron chi connectivity index (χ2n) is 3.71. The number of ether oxygens (including phenoxy) is 1. The first kappa shape index (κ1) is 14.5. The fourth-order valence-corrected chi connectivity index (χ4v) is 4.53. The van der Waals surface area contributed by atoms with E-state index in [-0.39, 0.29) is 12.4 Å². The molecular weight excluding hydrogens is 303 g/mol. The van der Waals surface area contributed by atoms with Crippen LogP contribution in [0.5, 0.6) is 5.75 Å². The van der Waals surface area contributed by atoms with Crippen LogP contribution < -0.4 is 4.74 Å². The minimum atomic E-state index is -4.93. The van der Waals surface area contributed by atoms with Gasteiger partial charge in [-0.15, -0.1) is 24.9 Å². The van der Waals surface area contributed by atoms with E-state index in [0.717, 1.165) is 16.4 Å². The van der Waals surface area contributed by atoms with E-state index < -0.39 is 27.0 Å². The first-order chi connectivity index (χ1) is 8.81. The lowest BCUT2D eigenvalue weighted by Crippen LogP contribution is -2.29. The average Bonchev–Trinajstić information content (AvgIpc) is 2.81. The molecule has 19 heavy (non-hydrogen) atoms. The summed E-state index contributed by atoms with van der Waals surface area (Å²) in [5, 5.41) is 0. The summed E-state index contributed by atoms with van der Waals surface area (Å²) in [6.45, 7) is 0.285. The predicted octanol–water partition coefficient (Wildman–Crippen LogP) is 2.28. The van der Waals surface area contributed by atoms with E-state index in [1.165, 1.54) is 23.9 Å². The second kappa shape index (κ2) is 5.22. The quantitative estimate of drug-likeness (QED) is 0.859. The van der Waals surface area contributed by atoms with Crippen molar-refractivity contribution >= 4 is 21.8 Å². The van der Waals surface area contributed by atoms with Crippen LogP contribution in [0.25, 0.3) is 0 Å². The van der Waals surface area contributed by atoms with Gasteiger partial charge in [0.2, 0.25) is 10.0 Å². The predicted molar refractivity (Wildman–Crippen MR) is 64.3 cm³/mol. The SMILES string of the molecule is O=S(=O)(c1ccccc1OC(F)(F)F)N1CCSC1. The van der Waals surface area contributed by atoms with Gasteiger partial charge in [-0.1, -0.05) is 12.1 Å². The Labute approximate surface area is 112 Å². The summed E-state index contributed by atoms with van der Waals surface area (Å²) in [6.07, 6.45) is -4.93. The molecule has 0 N–H and O–H groups in total. The van der Waals surface area contributed by atoms with E-state index >= 15 is 0 Å². The summed E-state index contributed by atoms with van der Waals surface area (Å²) in [5.41, 5.74) is 0. The summed E-state index contributed by atoms with van der Waals surface area (Å²) in [6, 6.07) is 4.75. The molecule has 1 heterocycles. The van der Waals surface area contributed by atoms with Crippen LogP contribution in [-0.4, -0.2) is 37.3 Å². The van der Waals surface area contributed by atoms with E-state index in [9.17, 15) is 21.6 Å². The summed E-state index contributed by atoms with van der Waals surface area (Å²) >= 11 is 1.41. The summed E-state index contributed by atoms with van der Waals surface area (Å²) < 4.78 is 66.1. The van der Waals surface area contributed by atoms with Gasteiger partial charge >= 0.3 is 6.36 Å². The van der Waals surface area contributed by atoms with Crippen molar-refractivity contribution < 1.29 is 26.3 Å². The molecule has 1 aliphatic rings. The van der Waals surface area contributed by atoms with Crippen LogP contribution in [0.1, 0.15) is 0 Å². The number of rotatable bonds is 3. The third-order valence-corrected chi connectivity index (χ3v) is 5.43. The van der Waals surface area contributed by atoms with Gasteiger partial charge in [-0.05, 0) is 12.1 Å². The van der Waals surface area contributed by atoms with E-state index in [1.807, 2.05) is 0 Å². The zero-order chi connectivity index (χ0) is 14.1. The first-order valence-corrected chi connectivity index (χ1v) is 7.83. The number of benzene rings is 1. The molecular formula is C10H10F3NO3S2. The lowest BCUT2D eigenvalue weighted by atomic mass is 10.3. The minimum absolute atomic E-state index is 0.239. The molecule has 0 atom stereocenters. The highest BCUT2D eigenvalue weighted by Crippen LogP contribution is 2.32. The van der Waals surface area contributed by atoms with Gasteiger partial charge in [-0.3, -0.25) is 0 Å². The zero-order valence-electron chi connectivity index (χ0n) is 9.55. The second-order valence-corrected chi connectivity index (χ2v) is 6.69. The molecule has 0 spiro atoms. The Balaban J connectivity index is 2.39. The molecule has 0 radical (unpaired) electrons. The van der Waals surface area contributed by atoms with Crippen LogP contribution in [0.3, 0.4) is 0 Å². The maximum Gasteiger partial charge on any atom is 0.573 e. The highest BCUT2D eigenvalue weighted by Gasteiger charge is 2.36. The molecule has 9 heteroatoms. The highest BCUT2D eigenvalue weighted by molar-refractivity contribution is 8.00. The molecule has 2 rings (SSSR count). The largest absolute Gasteiger partial charge is 0.573 e. The number of hydrogen-bond donors (Lipinski definition) is 0. The Bertz CT molecular complexity index is 553. The molecule has 1 aliphatic heterocycles. The van der Waals surface area contributed by atoms with E-state index in [0.29, 0.717) is 5.75 Å². The molecule has 0 aromatic heterocycles. The average molecular weight is 313 g/mol. The molecule has 106 valence electrons. The zero-order valence-corrected chi connectivity index (χ0v) is 11.2. The van der Waals surface area contributed by atoms with Gasteiger partial charge in [0.05, 0.1) is 5.88 Å². The van der Waals surface area contributed by atoms with Crippen molar-refractivity contribution in [2.75, 3.05) is 18.2 Å². The molecule has 1 saturated heterocycles. The van der Waals surface area contributed by atoms with Crippen LogP contribution in [-0.2, 0) is 10.0 Å². The molecule has 1 aromatic rings. The van der Waals surface area contributed by atoms with Gasteiger partial charge in [0, 0.05) is 12.3 Å². The number of sulfonamides is 1. The third-order valence-electron chi connectivity index (χ3n) is 2.41. The normalized spacial score (nSPS) is 17.6. The molecule has 0 aliphatic carbocycles. The number of thioether (sulfide) groups is 1. The fraction of sp³-hybridized carbons (Fsp3) is 0.400. The molecule has 0 amide bonds. The lowest BCUT2D eigenvalue weighted by molar-refractivity contribution is -0.275. The van der Waals surface area contributed by atoms with Crippen LogP contribution in [0.2, 0.25) is 0 Å². The minimum Gasteiger partial charge on any atom is -0.404 e. The maximum atomic E-state index is 12.3. The van der Waals surface area contributed by atoms with Crippen LogP contribution in [0.4, 0.5) is 13.2 Å². The van der Waals surface area contributed by atoms with E-state index in [4.69, 9.17) is 0 Å². The summed E-state index contributed by atoms with van der Waals surface area (Å²) in [4.78, 5) is -0.463. The number of para-hydroxylation sites is 1. The number of halogens is 3. The molecule has 0 saturated carbocycles. The van der Waals surface area contributed by atoms with Crippen LogP contribution >= 0.6 is 11.8 Å². The van der Waals surface area contributed by atoms with Gasteiger partial charge < -0.3 is 4.74 Å². The van der Waals surface area contributed by atoms with Crippen LogP contribution in [0.15, 0.2) is 29.2 Å². The van der Waals surface area contributed by atoms with Gasteiger partial charge in [0.25, 0.3) is 0 Å². The third kappa shape index (κ3) is 3.34.